The predicted molar refractivity (Wildman–Crippen MR) is 77.5 cm³/mol. The van der Waals surface area contributed by atoms with Crippen LogP contribution in [0.25, 0.3) is 0 Å². The Morgan fingerprint density at radius 2 is 1.75 bits per heavy atom. The van der Waals surface area contributed by atoms with Crippen molar-refractivity contribution in [2.24, 2.45) is 11.8 Å². The Morgan fingerprint density at radius 3 is 2.35 bits per heavy atom. The fourth-order valence-electron chi connectivity index (χ4n) is 2.43. The number of aryl methyl sites for hydroxylation is 2. The number of carboxylic acids is 1. The lowest BCUT2D eigenvalue weighted by molar-refractivity contribution is -0.146. The van der Waals surface area contributed by atoms with Gasteiger partial charge in [0.1, 0.15) is 0 Å². The molecule has 0 radical (unpaired) electrons. The van der Waals surface area contributed by atoms with Crippen molar-refractivity contribution >= 4 is 17.6 Å². The molecule has 1 aliphatic rings. The Kier molecular flexibility index (Phi) is 4.23. The first-order valence-electron chi connectivity index (χ1n) is 6.75. The van der Waals surface area contributed by atoms with Crippen LogP contribution in [0.3, 0.4) is 0 Å². The number of amides is 1. The van der Waals surface area contributed by atoms with Gasteiger partial charge in [0.15, 0.2) is 0 Å². The normalized spacial score (nSPS) is 21.5. The number of allylic oxidation sites excluding steroid dienone is 2. The Labute approximate surface area is 118 Å². The highest BCUT2D eigenvalue weighted by atomic mass is 16.4. The Bertz CT molecular complexity index is 563. The molecule has 0 spiro atoms. The van der Waals surface area contributed by atoms with Crippen molar-refractivity contribution in [2.45, 2.75) is 26.7 Å². The molecule has 0 bridgehead atoms. The van der Waals surface area contributed by atoms with Crippen LogP contribution in [0.1, 0.15) is 24.0 Å². The van der Waals surface area contributed by atoms with E-state index in [-0.39, 0.29) is 5.91 Å². The molecule has 1 aromatic carbocycles. The van der Waals surface area contributed by atoms with Crippen LogP contribution in [0.15, 0.2) is 30.4 Å². The van der Waals surface area contributed by atoms with E-state index in [0.29, 0.717) is 12.8 Å². The first kappa shape index (κ1) is 14.3. The highest BCUT2D eigenvalue weighted by Crippen LogP contribution is 2.27. The van der Waals surface area contributed by atoms with Gasteiger partial charge in [-0.15, -0.1) is 0 Å². The summed E-state index contributed by atoms with van der Waals surface area (Å²) < 4.78 is 0. The highest BCUT2D eigenvalue weighted by Gasteiger charge is 2.33. The number of anilines is 1. The van der Waals surface area contributed by atoms with Crippen molar-refractivity contribution in [1.82, 2.24) is 0 Å². The standard InChI is InChI=1S/C16H19NO3/c1-10-7-8-12(9-11(10)2)17-15(18)13-5-3-4-6-14(13)16(19)20/h3-4,7-9,13-14H,5-6H2,1-2H3,(H,17,18)(H,19,20)/t13-,14-/m1/s1. The van der Waals surface area contributed by atoms with Gasteiger partial charge in [0.05, 0.1) is 11.8 Å². The van der Waals surface area contributed by atoms with Gasteiger partial charge >= 0.3 is 5.97 Å². The van der Waals surface area contributed by atoms with Gasteiger partial charge in [-0.3, -0.25) is 9.59 Å². The van der Waals surface area contributed by atoms with E-state index >= 15 is 0 Å². The van der Waals surface area contributed by atoms with Gasteiger partial charge in [0.2, 0.25) is 5.91 Å². The number of hydrogen-bond acceptors (Lipinski definition) is 2. The molecule has 1 aliphatic carbocycles. The summed E-state index contributed by atoms with van der Waals surface area (Å²) in [5.41, 5.74) is 2.98. The second kappa shape index (κ2) is 5.90. The topological polar surface area (TPSA) is 66.4 Å². The van der Waals surface area contributed by atoms with Crippen LogP contribution in [0.5, 0.6) is 0 Å². The first-order chi connectivity index (χ1) is 9.49. The van der Waals surface area contributed by atoms with Crippen molar-refractivity contribution in [1.29, 1.82) is 0 Å². The maximum absolute atomic E-state index is 12.3. The number of hydrogen-bond donors (Lipinski definition) is 2. The molecule has 0 heterocycles. The van der Waals surface area contributed by atoms with Gasteiger partial charge in [0.25, 0.3) is 0 Å². The summed E-state index contributed by atoms with van der Waals surface area (Å²) in [6.07, 6.45) is 4.61. The molecule has 4 heteroatoms. The fraction of sp³-hybridized carbons (Fsp3) is 0.375. The lowest BCUT2D eigenvalue weighted by Gasteiger charge is -2.24. The zero-order valence-corrected chi connectivity index (χ0v) is 11.7. The highest BCUT2D eigenvalue weighted by molar-refractivity contribution is 5.95. The van der Waals surface area contributed by atoms with Crippen LogP contribution in [0.2, 0.25) is 0 Å². The van der Waals surface area contributed by atoms with Crippen molar-refractivity contribution in [3.8, 4) is 0 Å². The average molecular weight is 273 g/mol. The van der Waals surface area contributed by atoms with Gasteiger partial charge < -0.3 is 10.4 Å². The molecule has 106 valence electrons. The Hall–Kier alpha value is -2.10. The molecule has 0 fully saturated rings. The largest absolute Gasteiger partial charge is 0.481 e. The summed E-state index contributed by atoms with van der Waals surface area (Å²) in [5, 5.41) is 12.0. The van der Waals surface area contributed by atoms with E-state index < -0.39 is 17.8 Å². The number of carboxylic acid groups (broad SMARTS) is 1. The van der Waals surface area contributed by atoms with Crippen molar-refractivity contribution in [3.05, 3.63) is 41.5 Å². The summed E-state index contributed by atoms with van der Waals surface area (Å²) in [4.78, 5) is 23.5. The maximum atomic E-state index is 12.3. The zero-order valence-electron chi connectivity index (χ0n) is 11.7. The third-order valence-corrected chi connectivity index (χ3v) is 3.86. The number of nitrogens with one attached hydrogen (secondary N) is 1. The zero-order chi connectivity index (χ0) is 14.7. The summed E-state index contributed by atoms with van der Waals surface area (Å²) in [7, 11) is 0. The fourth-order valence-corrected chi connectivity index (χ4v) is 2.43. The van der Waals surface area contributed by atoms with Gasteiger partial charge in [-0.25, -0.2) is 0 Å². The number of carbonyl (C=O) groups excluding carboxylic acids is 1. The molecule has 0 aromatic heterocycles. The summed E-state index contributed by atoms with van der Waals surface area (Å²) in [6, 6.07) is 5.69. The van der Waals surface area contributed by atoms with E-state index in [2.05, 4.69) is 5.32 Å². The molecule has 20 heavy (non-hydrogen) atoms. The molecular weight excluding hydrogens is 254 g/mol. The molecular formula is C16H19NO3. The van der Waals surface area contributed by atoms with Gasteiger partial charge in [-0.05, 0) is 49.9 Å². The van der Waals surface area contributed by atoms with E-state index in [1.807, 2.05) is 44.2 Å². The van der Waals surface area contributed by atoms with Gasteiger partial charge in [-0.2, -0.15) is 0 Å². The third kappa shape index (κ3) is 3.07. The number of carbonyl (C=O) groups is 2. The van der Waals surface area contributed by atoms with E-state index in [9.17, 15) is 14.7 Å². The monoisotopic (exact) mass is 273 g/mol. The van der Waals surface area contributed by atoms with Crippen LogP contribution < -0.4 is 5.32 Å². The molecule has 0 saturated heterocycles. The summed E-state index contributed by atoms with van der Waals surface area (Å²) in [6.45, 7) is 3.99. The third-order valence-electron chi connectivity index (χ3n) is 3.86. The second-order valence-corrected chi connectivity index (χ2v) is 5.28. The van der Waals surface area contributed by atoms with Crippen molar-refractivity contribution in [2.75, 3.05) is 5.32 Å². The lowest BCUT2D eigenvalue weighted by atomic mass is 9.82. The van der Waals surface area contributed by atoms with E-state index in [0.717, 1.165) is 16.8 Å². The van der Waals surface area contributed by atoms with Gasteiger partial charge in [0, 0.05) is 5.69 Å². The predicted octanol–water partition coefficient (Wildman–Crippen LogP) is 2.91. The molecule has 2 atom stereocenters. The molecule has 0 unspecified atom stereocenters. The van der Waals surface area contributed by atoms with Crippen LogP contribution in [-0.4, -0.2) is 17.0 Å². The summed E-state index contributed by atoms with van der Waals surface area (Å²) in [5.74, 6) is -2.26. The number of rotatable bonds is 3. The molecule has 1 aromatic rings. The van der Waals surface area contributed by atoms with Crippen LogP contribution in [-0.2, 0) is 9.59 Å². The summed E-state index contributed by atoms with van der Waals surface area (Å²) >= 11 is 0. The maximum Gasteiger partial charge on any atom is 0.307 e. The minimum absolute atomic E-state index is 0.218. The SMILES string of the molecule is Cc1ccc(NC(=O)[C@@H]2CC=CC[C@H]2C(=O)O)cc1C. The van der Waals surface area contributed by atoms with E-state index in [1.54, 1.807) is 0 Å². The molecule has 0 aliphatic heterocycles. The lowest BCUT2D eigenvalue weighted by Crippen LogP contribution is -2.34. The van der Waals surface area contributed by atoms with Crippen molar-refractivity contribution in [3.63, 3.8) is 0 Å². The minimum Gasteiger partial charge on any atom is -0.481 e. The smallest absolute Gasteiger partial charge is 0.307 e. The van der Waals surface area contributed by atoms with Gasteiger partial charge in [-0.1, -0.05) is 18.2 Å². The molecule has 0 saturated carbocycles. The second-order valence-electron chi connectivity index (χ2n) is 5.28. The van der Waals surface area contributed by atoms with Crippen LogP contribution in [0.4, 0.5) is 5.69 Å². The number of aliphatic carboxylic acids is 1. The van der Waals surface area contributed by atoms with Crippen LogP contribution in [0, 0.1) is 25.7 Å². The Balaban J connectivity index is 2.12. The Morgan fingerprint density at radius 1 is 1.10 bits per heavy atom. The van der Waals surface area contributed by atoms with Crippen LogP contribution >= 0.6 is 0 Å². The molecule has 2 N–H and O–H groups in total. The quantitative estimate of drug-likeness (QED) is 0.832. The molecule has 1 amide bonds. The first-order valence-corrected chi connectivity index (χ1v) is 6.75. The van der Waals surface area contributed by atoms with E-state index in [1.165, 1.54) is 0 Å². The number of benzene rings is 1. The van der Waals surface area contributed by atoms with E-state index in [4.69, 9.17) is 0 Å². The average Bonchev–Trinajstić information content (AvgIpc) is 2.43. The van der Waals surface area contributed by atoms with Crippen molar-refractivity contribution < 1.29 is 14.7 Å². The molecule has 4 nitrogen and oxygen atoms in total. The molecule has 2 rings (SSSR count). The minimum atomic E-state index is -0.908.